The summed E-state index contributed by atoms with van der Waals surface area (Å²) < 4.78 is 12.8. The van der Waals surface area contributed by atoms with Crippen LogP contribution in [0, 0.1) is 0 Å². The third-order valence-corrected chi connectivity index (χ3v) is 3.49. The first-order valence-electron chi connectivity index (χ1n) is 7.16. The number of carbonyl (C=O) groups excluding carboxylic acids is 4. The predicted molar refractivity (Wildman–Crippen MR) is 89.5 cm³/mol. The minimum Gasteiger partial charge on any atom is -0.394 e. The van der Waals surface area contributed by atoms with E-state index in [1.807, 2.05) is 0 Å². The molecule has 136 valence electrons. The third kappa shape index (κ3) is 7.40. The number of ketones is 1. The van der Waals surface area contributed by atoms with E-state index in [1.165, 1.54) is 0 Å². The number of amides is 3. The Balaban J connectivity index is 2.45. The number of rotatable bonds is 9. The van der Waals surface area contributed by atoms with Gasteiger partial charge in [0.2, 0.25) is 11.8 Å². The zero-order valence-corrected chi connectivity index (χ0v) is 14.6. The van der Waals surface area contributed by atoms with Crippen molar-refractivity contribution in [2.24, 2.45) is 0 Å². The summed E-state index contributed by atoms with van der Waals surface area (Å²) in [7, 11) is 0. The number of hydrogen-bond acceptors (Lipinski definition) is 5. The molecule has 0 aliphatic rings. The monoisotopic (exact) mass is 417 g/mol. The van der Waals surface area contributed by atoms with Gasteiger partial charge >= 0.3 is 0 Å². The molecule has 0 radical (unpaired) electrons. The van der Waals surface area contributed by atoms with Crippen LogP contribution in [0.2, 0.25) is 0 Å². The zero-order chi connectivity index (χ0) is 18.8. The second kappa shape index (κ2) is 10.5. The summed E-state index contributed by atoms with van der Waals surface area (Å²) in [5.74, 6) is -2.87. The molecule has 0 spiro atoms. The average Bonchev–Trinajstić information content (AvgIpc) is 2.62. The maximum absolute atomic E-state index is 12.0. The highest BCUT2D eigenvalue weighted by Gasteiger charge is 2.20. The van der Waals surface area contributed by atoms with E-state index in [-0.39, 0.29) is 0 Å². The molecule has 1 rings (SSSR count). The van der Waals surface area contributed by atoms with Crippen molar-refractivity contribution in [2.75, 3.05) is 26.4 Å². The number of aliphatic hydroxyl groups excluding tert-OH is 1. The van der Waals surface area contributed by atoms with Gasteiger partial charge in [0.1, 0.15) is 12.7 Å². The van der Waals surface area contributed by atoms with Crippen LogP contribution in [0.4, 0.5) is 4.39 Å². The van der Waals surface area contributed by atoms with Crippen LogP contribution in [-0.2, 0) is 14.4 Å². The molecule has 8 nitrogen and oxygen atoms in total. The number of carbonyl (C=O) groups is 4. The smallest absolute Gasteiger partial charge is 0.251 e. The van der Waals surface area contributed by atoms with Gasteiger partial charge in [0.05, 0.1) is 19.7 Å². The van der Waals surface area contributed by atoms with Crippen LogP contribution < -0.4 is 16.0 Å². The van der Waals surface area contributed by atoms with Crippen LogP contribution in [0.1, 0.15) is 10.4 Å². The topological polar surface area (TPSA) is 125 Å². The summed E-state index contributed by atoms with van der Waals surface area (Å²) in [6.45, 7) is -2.90. The van der Waals surface area contributed by atoms with Crippen molar-refractivity contribution in [1.82, 2.24) is 16.0 Å². The Hall–Kier alpha value is -2.33. The standard InChI is InChI=1S/C15H17BrFN3O5/c16-10-3-1-9(2-4-10)14(24)19-7-13(23)20-12(8-21)15(25)18-6-11(22)5-17/h1-4,12,21H,5-8H2,(H,18,25)(H,19,24)(H,20,23). The van der Waals surface area contributed by atoms with Gasteiger partial charge in [-0.2, -0.15) is 0 Å². The lowest BCUT2D eigenvalue weighted by molar-refractivity contribution is -0.130. The Morgan fingerprint density at radius 1 is 1.08 bits per heavy atom. The molecular formula is C15H17BrFN3O5. The van der Waals surface area contributed by atoms with Gasteiger partial charge < -0.3 is 21.1 Å². The maximum Gasteiger partial charge on any atom is 0.251 e. The maximum atomic E-state index is 12.0. The lowest BCUT2D eigenvalue weighted by Crippen LogP contribution is -2.52. The first-order chi connectivity index (χ1) is 11.9. The highest BCUT2D eigenvalue weighted by Crippen LogP contribution is 2.10. The van der Waals surface area contributed by atoms with E-state index in [4.69, 9.17) is 5.11 Å². The number of halogens is 2. The van der Waals surface area contributed by atoms with Gasteiger partial charge in [0.15, 0.2) is 5.78 Å². The number of benzene rings is 1. The summed E-state index contributed by atoms with van der Waals surface area (Å²) in [6, 6.07) is 5.14. The molecule has 10 heteroatoms. The molecule has 25 heavy (non-hydrogen) atoms. The molecule has 0 aliphatic carbocycles. The summed E-state index contributed by atoms with van der Waals surface area (Å²) in [5.41, 5.74) is 0.345. The highest BCUT2D eigenvalue weighted by molar-refractivity contribution is 9.10. The van der Waals surface area contributed by atoms with Gasteiger partial charge in [-0.1, -0.05) is 15.9 Å². The summed E-state index contributed by atoms with van der Waals surface area (Å²) in [6.07, 6.45) is 0. The molecule has 1 aromatic carbocycles. The Bertz CT molecular complexity index is 639. The van der Waals surface area contributed by atoms with Crippen LogP contribution >= 0.6 is 15.9 Å². The lowest BCUT2D eigenvalue weighted by atomic mass is 10.2. The van der Waals surface area contributed by atoms with Crippen LogP contribution in [-0.4, -0.2) is 61.0 Å². The van der Waals surface area contributed by atoms with E-state index in [0.717, 1.165) is 4.47 Å². The minimum atomic E-state index is -1.32. The normalized spacial score (nSPS) is 11.3. The number of hydrogen-bond donors (Lipinski definition) is 4. The van der Waals surface area contributed by atoms with Crippen molar-refractivity contribution >= 4 is 39.4 Å². The molecule has 1 aromatic rings. The molecule has 0 aliphatic heterocycles. The van der Waals surface area contributed by atoms with E-state index < -0.39 is 55.9 Å². The van der Waals surface area contributed by atoms with Crippen molar-refractivity contribution in [2.45, 2.75) is 6.04 Å². The zero-order valence-electron chi connectivity index (χ0n) is 13.1. The van der Waals surface area contributed by atoms with Crippen molar-refractivity contribution in [3.05, 3.63) is 34.3 Å². The second-order valence-electron chi connectivity index (χ2n) is 4.88. The first kappa shape index (κ1) is 20.7. The lowest BCUT2D eigenvalue weighted by Gasteiger charge is -2.16. The minimum absolute atomic E-state index is 0.345. The van der Waals surface area contributed by atoms with E-state index in [9.17, 15) is 23.6 Å². The van der Waals surface area contributed by atoms with Crippen molar-refractivity contribution in [3.63, 3.8) is 0 Å². The molecule has 0 fully saturated rings. The van der Waals surface area contributed by atoms with Crippen LogP contribution in [0.25, 0.3) is 0 Å². The summed E-state index contributed by atoms with van der Waals surface area (Å²) >= 11 is 3.23. The van der Waals surface area contributed by atoms with Gasteiger partial charge in [-0.3, -0.25) is 19.2 Å². The predicted octanol–water partition coefficient (Wildman–Crippen LogP) is -0.689. The highest BCUT2D eigenvalue weighted by atomic mass is 79.9. The quantitative estimate of drug-likeness (QED) is 0.423. The first-order valence-corrected chi connectivity index (χ1v) is 7.96. The molecule has 0 bridgehead atoms. The van der Waals surface area contributed by atoms with E-state index in [1.54, 1.807) is 24.3 Å². The molecule has 1 atom stereocenters. The number of alkyl halides is 1. The fourth-order valence-electron chi connectivity index (χ4n) is 1.66. The van der Waals surface area contributed by atoms with Crippen molar-refractivity contribution in [1.29, 1.82) is 0 Å². The van der Waals surface area contributed by atoms with Crippen molar-refractivity contribution in [3.8, 4) is 0 Å². The fourth-order valence-corrected chi connectivity index (χ4v) is 1.92. The average molecular weight is 418 g/mol. The second-order valence-corrected chi connectivity index (χ2v) is 5.80. The number of aliphatic hydroxyl groups is 1. The Labute approximate surface area is 151 Å². The number of nitrogens with one attached hydrogen (secondary N) is 3. The van der Waals surface area contributed by atoms with Crippen molar-refractivity contribution < 1.29 is 28.7 Å². The van der Waals surface area contributed by atoms with Gasteiger partial charge in [-0.15, -0.1) is 0 Å². The molecule has 0 heterocycles. The number of Topliss-reactive ketones (excluding diaryl/α,β-unsaturated/α-hetero) is 1. The molecular weight excluding hydrogens is 401 g/mol. The fraction of sp³-hybridized carbons (Fsp3) is 0.333. The van der Waals surface area contributed by atoms with Gasteiger partial charge in [-0.25, -0.2) is 4.39 Å². The molecule has 0 saturated carbocycles. The summed E-state index contributed by atoms with van der Waals surface area (Å²) in [5, 5.41) is 15.8. The molecule has 1 unspecified atom stereocenters. The Kier molecular flexibility index (Phi) is 8.71. The van der Waals surface area contributed by atoms with Gasteiger partial charge in [-0.05, 0) is 24.3 Å². The van der Waals surface area contributed by atoms with Crippen LogP contribution in [0.3, 0.4) is 0 Å². The Morgan fingerprint density at radius 2 is 1.72 bits per heavy atom. The van der Waals surface area contributed by atoms with E-state index in [0.29, 0.717) is 5.56 Å². The molecule has 0 saturated heterocycles. The van der Waals surface area contributed by atoms with E-state index >= 15 is 0 Å². The molecule has 0 aromatic heterocycles. The third-order valence-electron chi connectivity index (χ3n) is 2.96. The van der Waals surface area contributed by atoms with Gasteiger partial charge in [0.25, 0.3) is 5.91 Å². The molecule has 4 N–H and O–H groups in total. The largest absolute Gasteiger partial charge is 0.394 e. The van der Waals surface area contributed by atoms with E-state index in [2.05, 4.69) is 31.9 Å². The SMILES string of the molecule is O=C(CF)CNC(=O)C(CO)NC(=O)CNC(=O)c1ccc(Br)cc1. The summed E-state index contributed by atoms with van der Waals surface area (Å²) in [4.78, 5) is 46.1. The Morgan fingerprint density at radius 3 is 2.28 bits per heavy atom. The molecule has 3 amide bonds. The van der Waals surface area contributed by atoms with Gasteiger partial charge in [0, 0.05) is 10.0 Å². The van der Waals surface area contributed by atoms with Crippen LogP contribution in [0.5, 0.6) is 0 Å². The van der Waals surface area contributed by atoms with Crippen LogP contribution in [0.15, 0.2) is 28.7 Å².